The van der Waals surface area contributed by atoms with Crippen LogP contribution in [0.2, 0.25) is 0 Å². The number of carbonyl (C=O) groups excluding carboxylic acids is 1. The maximum absolute atomic E-state index is 11.3. The summed E-state index contributed by atoms with van der Waals surface area (Å²) < 4.78 is 11.8. The quantitative estimate of drug-likeness (QED) is 0.313. The fourth-order valence-corrected chi connectivity index (χ4v) is 4.11. The summed E-state index contributed by atoms with van der Waals surface area (Å²) in [6.07, 6.45) is 0.986. The number of carboxylic acid groups (broad SMARTS) is 1. The van der Waals surface area contributed by atoms with E-state index in [1.54, 1.807) is 30.3 Å². The van der Waals surface area contributed by atoms with Gasteiger partial charge in [-0.3, -0.25) is 4.79 Å². The van der Waals surface area contributed by atoms with Gasteiger partial charge in [-0.05, 0) is 65.9 Å². The lowest BCUT2D eigenvalue weighted by atomic mass is 9.96. The third-order valence-electron chi connectivity index (χ3n) is 5.94. The highest BCUT2D eigenvalue weighted by Gasteiger charge is 2.20. The number of halogens is 1. The van der Waals surface area contributed by atoms with Gasteiger partial charge in [-0.1, -0.05) is 30.3 Å². The van der Waals surface area contributed by atoms with Crippen LogP contribution < -0.4 is 20.1 Å². The largest absolute Gasteiger partial charge is 0.489 e. The lowest BCUT2D eigenvalue weighted by Crippen LogP contribution is -2.39. The van der Waals surface area contributed by atoms with Gasteiger partial charge in [-0.25, -0.2) is 4.79 Å². The topological polar surface area (TPSA) is 117 Å². The van der Waals surface area contributed by atoms with Gasteiger partial charge in [-0.15, -0.1) is 12.4 Å². The van der Waals surface area contributed by atoms with Crippen molar-refractivity contribution >= 4 is 30.0 Å². The molecule has 0 aliphatic carbocycles. The monoisotopic (exact) mass is 526 g/mol. The molecular weight excluding hydrogens is 496 g/mol. The minimum absolute atomic E-state index is 0. The molecule has 196 valence electrons. The van der Waals surface area contributed by atoms with Crippen LogP contribution in [0.15, 0.2) is 66.7 Å². The first-order chi connectivity index (χ1) is 17.4. The molecule has 0 radical (unpaired) electrons. The van der Waals surface area contributed by atoms with E-state index in [9.17, 15) is 14.7 Å². The van der Waals surface area contributed by atoms with Gasteiger partial charge in [0.1, 0.15) is 30.3 Å². The van der Waals surface area contributed by atoms with Gasteiger partial charge in [0.25, 0.3) is 0 Å². The number of hydrogen-bond acceptors (Lipinski definition) is 6. The second kappa shape index (κ2) is 13.1. The molecule has 4 N–H and O–H groups in total. The number of aliphatic hydroxyl groups excluding tert-OH is 1. The Morgan fingerprint density at radius 2 is 1.81 bits per heavy atom. The molecule has 0 bridgehead atoms. The second-order valence-electron chi connectivity index (χ2n) is 8.78. The highest BCUT2D eigenvalue weighted by atomic mass is 35.5. The molecule has 2 atom stereocenters. The Balaban J connectivity index is 0.00000380. The molecule has 1 aliphatic heterocycles. The highest BCUT2D eigenvalue weighted by Crippen LogP contribution is 2.32. The summed E-state index contributed by atoms with van der Waals surface area (Å²) in [5.74, 6) is 0.230. The number of rotatable bonds is 10. The first kappa shape index (κ1) is 28.0. The highest BCUT2D eigenvalue weighted by molar-refractivity contribution is 5.90. The van der Waals surface area contributed by atoms with Crippen LogP contribution in [0.5, 0.6) is 11.5 Å². The number of fused-ring (bicyclic) bond motifs is 1. The van der Waals surface area contributed by atoms with Crippen molar-refractivity contribution < 1.29 is 29.3 Å². The van der Waals surface area contributed by atoms with Crippen LogP contribution in [-0.4, -0.2) is 54.0 Å². The summed E-state index contributed by atoms with van der Waals surface area (Å²) >= 11 is 0. The third-order valence-corrected chi connectivity index (χ3v) is 5.94. The Morgan fingerprint density at radius 1 is 1.08 bits per heavy atom. The molecule has 1 unspecified atom stereocenters. The molecule has 3 aromatic rings. The average molecular weight is 527 g/mol. The van der Waals surface area contributed by atoms with Crippen molar-refractivity contribution in [1.29, 1.82) is 0 Å². The zero-order chi connectivity index (χ0) is 25.5. The summed E-state index contributed by atoms with van der Waals surface area (Å²) in [6, 6.07) is 20.0. The van der Waals surface area contributed by atoms with Crippen LogP contribution in [0.4, 0.5) is 5.69 Å². The first-order valence-electron chi connectivity index (χ1n) is 11.9. The summed E-state index contributed by atoms with van der Waals surface area (Å²) in [7, 11) is 0. The van der Waals surface area contributed by atoms with Crippen molar-refractivity contribution in [3.63, 3.8) is 0 Å². The van der Waals surface area contributed by atoms with Crippen molar-refractivity contribution in [2.45, 2.75) is 32.0 Å². The summed E-state index contributed by atoms with van der Waals surface area (Å²) in [5, 5.41) is 25.3. The summed E-state index contributed by atoms with van der Waals surface area (Å²) in [4.78, 5) is 22.4. The molecule has 4 rings (SSSR count). The fraction of sp³-hybridized carbons (Fsp3) is 0.286. The van der Waals surface area contributed by atoms with E-state index in [-0.39, 0.29) is 36.6 Å². The van der Waals surface area contributed by atoms with Crippen LogP contribution in [0.25, 0.3) is 11.1 Å². The van der Waals surface area contributed by atoms with Gasteiger partial charge in [0, 0.05) is 20.0 Å². The molecular formula is C28H31ClN2O6. The Bertz CT molecular complexity index is 1220. The minimum Gasteiger partial charge on any atom is -0.489 e. The molecule has 8 nitrogen and oxygen atoms in total. The number of amides is 1. The van der Waals surface area contributed by atoms with Gasteiger partial charge in [0.05, 0.1) is 11.3 Å². The van der Waals surface area contributed by atoms with Gasteiger partial charge < -0.3 is 30.3 Å². The molecule has 9 heteroatoms. The van der Waals surface area contributed by atoms with Crippen molar-refractivity contribution in [1.82, 2.24) is 5.32 Å². The summed E-state index contributed by atoms with van der Waals surface area (Å²) in [6.45, 7) is 2.47. The van der Waals surface area contributed by atoms with E-state index >= 15 is 0 Å². The molecule has 1 heterocycles. The predicted octanol–water partition coefficient (Wildman–Crippen LogP) is 4.16. The van der Waals surface area contributed by atoms with Crippen molar-refractivity contribution in [2.24, 2.45) is 0 Å². The van der Waals surface area contributed by atoms with Crippen LogP contribution in [0.3, 0.4) is 0 Å². The Kier molecular flexibility index (Phi) is 9.91. The number of aliphatic hydroxyl groups is 1. The lowest BCUT2D eigenvalue weighted by Gasteiger charge is -2.27. The van der Waals surface area contributed by atoms with Gasteiger partial charge in [0.2, 0.25) is 5.91 Å². The number of nitrogens with one attached hydrogen (secondary N) is 2. The number of anilines is 1. The molecule has 0 aromatic heterocycles. The first-order valence-corrected chi connectivity index (χ1v) is 11.9. The van der Waals surface area contributed by atoms with E-state index in [2.05, 4.69) is 16.7 Å². The third kappa shape index (κ3) is 7.69. The van der Waals surface area contributed by atoms with E-state index in [0.29, 0.717) is 24.5 Å². The maximum atomic E-state index is 11.3. The molecule has 0 saturated carbocycles. The van der Waals surface area contributed by atoms with Gasteiger partial charge in [-0.2, -0.15) is 0 Å². The molecule has 0 spiro atoms. The number of carboxylic acids is 1. The molecule has 0 fully saturated rings. The molecule has 1 aliphatic rings. The Hall–Kier alpha value is -3.59. The predicted molar refractivity (Wildman–Crippen MR) is 144 cm³/mol. The van der Waals surface area contributed by atoms with Crippen molar-refractivity contribution in [3.8, 4) is 22.6 Å². The minimum atomic E-state index is -0.938. The van der Waals surface area contributed by atoms with Crippen molar-refractivity contribution in [2.75, 3.05) is 25.0 Å². The zero-order valence-corrected chi connectivity index (χ0v) is 21.3. The smallest absolute Gasteiger partial charge is 0.335 e. The molecule has 0 saturated heterocycles. The number of benzene rings is 3. The van der Waals surface area contributed by atoms with Crippen LogP contribution >= 0.6 is 12.4 Å². The SMILES string of the molecule is CC(=O)Nc1ccccc1OCC(O)CNC[C@H]1CCc2cc(-c3ccc(C(=O)O)cc3)ccc2O1.Cl. The van der Waals surface area contributed by atoms with Gasteiger partial charge in [0.15, 0.2) is 0 Å². The Labute approximate surface area is 222 Å². The number of aryl methyl sites for hydroxylation is 1. The lowest BCUT2D eigenvalue weighted by molar-refractivity contribution is -0.114. The zero-order valence-electron chi connectivity index (χ0n) is 20.5. The van der Waals surface area contributed by atoms with E-state index in [4.69, 9.17) is 14.6 Å². The van der Waals surface area contributed by atoms with Crippen LogP contribution in [0.1, 0.15) is 29.3 Å². The number of carbonyl (C=O) groups is 2. The van der Waals surface area contributed by atoms with Crippen LogP contribution in [0, 0.1) is 0 Å². The van der Waals surface area contributed by atoms with E-state index in [1.165, 1.54) is 6.92 Å². The molecule has 3 aromatic carbocycles. The molecule has 1 amide bonds. The fourth-order valence-electron chi connectivity index (χ4n) is 4.11. The number of ether oxygens (including phenoxy) is 2. The average Bonchev–Trinajstić information content (AvgIpc) is 2.87. The number of aromatic carboxylic acids is 1. The van der Waals surface area contributed by atoms with E-state index in [1.807, 2.05) is 30.3 Å². The van der Waals surface area contributed by atoms with Gasteiger partial charge >= 0.3 is 5.97 Å². The molecule has 37 heavy (non-hydrogen) atoms. The second-order valence-corrected chi connectivity index (χ2v) is 8.78. The standard InChI is InChI=1S/C28H30N2O6.ClH/c1-18(31)30-25-4-2-3-5-27(25)35-17-23(32)15-29-16-24-12-10-22-14-21(11-13-26(22)36-24)19-6-8-20(9-7-19)28(33)34;/h2-9,11,13-14,23-24,29,32H,10,12,15-17H2,1H3,(H,30,31)(H,33,34);1H/t23?,24-;/m1./s1. The van der Waals surface area contributed by atoms with E-state index < -0.39 is 12.1 Å². The number of hydrogen-bond donors (Lipinski definition) is 4. The normalized spacial score (nSPS) is 14.9. The maximum Gasteiger partial charge on any atom is 0.335 e. The van der Waals surface area contributed by atoms with Crippen LogP contribution in [-0.2, 0) is 11.2 Å². The Morgan fingerprint density at radius 3 is 2.54 bits per heavy atom. The van der Waals surface area contributed by atoms with E-state index in [0.717, 1.165) is 35.3 Å². The van der Waals surface area contributed by atoms with Crippen molar-refractivity contribution in [3.05, 3.63) is 77.9 Å². The number of para-hydroxylation sites is 2. The summed E-state index contributed by atoms with van der Waals surface area (Å²) in [5.41, 5.74) is 3.94.